The maximum absolute atomic E-state index is 11.2. The molecule has 0 aliphatic heterocycles. The third-order valence-electron chi connectivity index (χ3n) is 3.09. The summed E-state index contributed by atoms with van der Waals surface area (Å²) in [5.41, 5.74) is -0.641. The van der Waals surface area contributed by atoms with Gasteiger partial charge < -0.3 is 9.52 Å². The van der Waals surface area contributed by atoms with E-state index in [1.807, 2.05) is 13.0 Å². The number of hydrogen-bond acceptors (Lipinski definition) is 2. The van der Waals surface area contributed by atoms with Crippen molar-refractivity contribution in [1.29, 1.82) is 0 Å². The molecule has 2 rings (SSSR count). The predicted molar refractivity (Wildman–Crippen MR) is 50.9 cm³/mol. The number of hydrogen-bond donors (Lipinski definition) is 1. The van der Waals surface area contributed by atoms with E-state index in [9.17, 15) is 9.90 Å². The van der Waals surface area contributed by atoms with Gasteiger partial charge in [0.15, 0.2) is 0 Å². The zero-order valence-corrected chi connectivity index (χ0v) is 8.19. The Morgan fingerprint density at radius 2 is 2.43 bits per heavy atom. The Morgan fingerprint density at radius 3 is 2.86 bits per heavy atom. The van der Waals surface area contributed by atoms with Crippen LogP contribution in [0.3, 0.4) is 0 Å². The molecule has 1 atom stereocenters. The molecule has 0 radical (unpaired) electrons. The first-order valence-corrected chi connectivity index (χ1v) is 4.89. The Morgan fingerprint density at radius 1 is 1.71 bits per heavy atom. The lowest BCUT2D eigenvalue weighted by Gasteiger charge is -2.23. The predicted octanol–water partition coefficient (Wildman–Crippen LogP) is 2.32. The number of carbonyl (C=O) groups is 1. The highest BCUT2D eigenvalue weighted by molar-refractivity contribution is 5.75. The molecule has 1 saturated carbocycles. The van der Waals surface area contributed by atoms with Crippen molar-refractivity contribution in [1.82, 2.24) is 0 Å². The fraction of sp³-hybridized carbons (Fsp3) is 0.545. The molecule has 0 saturated heterocycles. The molecule has 1 aliphatic carbocycles. The molecule has 1 fully saturated rings. The van der Waals surface area contributed by atoms with Crippen LogP contribution in [0, 0.1) is 11.3 Å². The molecule has 1 N–H and O–H groups in total. The Bertz CT molecular complexity index is 324. The zero-order chi connectivity index (χ0) is 10.2. The van der Waals surface area contributed by atoms with Gasteiger partial charge >= 0.3 is 5.97 Å². The van der Waals surface area contributed by atoms with Crippen LogP contribution in [0.15, 0.2) is 22.8 Å². The fourth-order valence-corrected chi connectivity index (χ4v) is 1.89. The fourth-order valence-electron chi connectivity index (χ4n) is 1.89. The lowest BCUT2D eigenvalue weighted by atomic mass is 9.81. The van der Waals surface area contributed by atoms with Crippen LogP contribution in [0.1, 0.15) is 25.5 Å². The summed E-state index contributed by atoms with van der Waals surface area (Å²) in [6, 6.07) is 3.63. The van der Waals surface area contributed by atoms with E-state index >= 15 is 0 Å². The maximum Gasteiger partial charge on any atom is 0.310 e. The van der Waals surface area contributed by atoms with Gasteiger partial charge in [0, 0.05) is 6.42 Å². The van der Waals surface area contributed by atoms with Crippen LogP contribution in [0.5, 0.6) is 0 Å². The molecule has 3 heteroatoms. The lowest BCUT2D eigenvalue weighted by Crippen LogP contribution is -2.32. The van der Waals surface area contributed by atoms with Crippen LogP contribution in [0.2, 0.25) is 0 Å². The normalized spacial score (nSPS) is 20.4. The number of aliphatic carboxylic acids is 1. The molecule has 14 heavy (non-hydrogen) atoms. The summed E-state index contributed by atoms with van der Waals surface area (Å²) < 4.78 is 5.19. The largest absolute Gasteiger partial charge is 0.481 e. The molecule has 1 aliphatic rings. The van der Waals surface area contributed by atoms with Gasteiger partial charge in [-0.3, -0.25) is 4.79 Å². The van der Waals surface area contributed by atoms with Crippen molar-refractivity contribution in [2.24, 2.45) is 11.3 Å². The van der Waals surface area contributed by atoms with E-state index in [4.69, 9.17) is 4.42 Å². The molecular formula is C11H14O3. The van der Waals surface area contributed by atoms with Crippen LogP contribution in [-0.4, -0.2) is 11.1 Å². The quantitative estimate of drug-likeness (QED) is 0.800. The summed E-state index contributed by atoms with van der Waals surface area (Å²) in [6.07, 6.45) is 4.15. The van der Waals surface area contributed by atoms with Crippen molar-refractivity contribution in [3.63, 3.8) is 0 Å². The zero-order valence-electron chi connectivity index (χ0n) is 8.19. The Hall–Kier alpha value is -1.25. The second-order valence-corrected chi connectivity index (χ2v) is 4.25. The summed E-state index contributed by atoms with van der Waals surface area (Å²) >= 11 is 0. The molecule has 3 nitrogen and oxygen atoms in total. The monoisotopic (exact) mass is 194 g/mol. The molecule has 1 heterocycles. The smallest absolute Gasteiger partial charge is 0.310 e. The minimum absolute atomic E-state index is 0.324. The molecule has 1 unspecified atom stereocenters. The molecular weight excluding hydrogens is 180 g/mol. The van der Waals surface area contributed by atoms with E-state index in [0.29, 0.717) is 12.3 Å². The first-order chi connectivity index (χ1) is 6.63. The first kappa shape index (κ1) is 9.31. The molecule has 1 aromatic rings. The van der Waals surface area contributed by atoms with Crippen LogP contribution >= 0.6 is 0 Å². The van der Waals surface area contributed by atoms with Crippen molar-refractivity contribution in [3.05, 3.63) is 24.2 Å². The van der Waals surface area contributed by atoms with Gasteiger partial charge in [-0.1, -0.05) is 0 Å². The average Bonchev–Trinajstić information content (AvgIpc) is 2.87. The van der Waals surface area contributed by atoms with Gasteiger partial charge in [0.1, 0.15) is 5.76 Å². The number of rotatable bonds is 4. The summed E-state index contributed by atoms with van der Waals surface area (Å²) in [4.78, 5) is 11.2. The van der Waals surface area contributed by atoms with Gasteiger partial charge in [0.25, 0.3) is 0 Å². The van der Waals surface area contributed by atoms with E-state index in [2.05, 4.69) is 0 Å². The van der Waals surface area contributed by atoms with E-state index in [-0.39, 0.29) is 0 Å². The average molecular weight is 194 g/mol. The molecule has 0 aromatic carbocycles. The van der Waals surface area contributed by atoms with E-state index in [1.165, 1.54) is 0 Å². The van der Waals surface area contributed by atoms with E-state index in [1.54, 1.807) is 12.3 Å². The Kier molecular flexibility index (Phi) is 2.10. The van der Waals surface area contributed by atoms with Gasteiger partial charge in [-0.15, -0.1) is 0 Å². The molecule has 0 amide bonds. The minimum Gasteiger partial charge on any atom is -0.481 e. The third kappa shape index (κ3) is 1.54. The number of carboxylic acids is 1. The number of furan rings is 1. The third-order valence-corrected chi connectivity index (χ3v) is 3.09. The van der Waals surface area contributed by atoms with Crippen molar-refractivity contribution in [2.45, 2.75) is 26.2 Å². The molecule has 76 valence electrons. The van der Waals surface area contributed by atoms with Gasteiger partial charge in [0.2, 0.25) is 0 Å². The molecule has 0 spiro atoms. The summed E-state index contributed by atoms with van der Waals surface area (Å²) in [5, 5.41) is 9.20. The highest BCUT2D eigenvalue weighted by atomic mass is 16.4. The lowest BCUT2D eigenvalue weighted by molar-refractivity contribution is -0.149. The summed E-state index contributed by atoms with van der Waals surface area (Å²) in [5.74, 6) is 0.378. The van der Waals surface area contributed by atoms with Crippen molar-refractivity contribution < 1.29 is 14.3 Å². The van der Waals surface area contributed by atoms with Gasteiger partial charge in [-0.25, -0.2) is 0 Å². The van der Waals surface area contributed by atoms with Crippen LogP contribution in [0.4, 0.5) is 0 Å². The number of carboxylic acid groups (broad SMARTS) is 1. The Balaban J connectivity index is 2.15. The first-order valence-electron chi connectivity index (χ1n) is 4.89. The van der Waals surface area contributed by atoms with Gasteiger partial charge in [0.05, 0.1) is 11.7 Å². The highest BCUT2D eigenvalue weighted by Gasteiger charge is 2.47. The summed E-state index contributed by atoms with van der Waals surface area (Å²) in [7, 11) is 0. The van der Waals surface area contributed by atoms with Crippen molar-refractivity contribution >= 4 is 5.97 Å². The van der Waals surface area contributed by atoms with Crippen molar-refractivity contribution in [2.75, 3.05) is 0 Å². The highest BCUT2D eigenvalue weighted by Crippen LogP contribution is 2.47. The second-order valence-electron chi connectivity index (χ2n) is 4.25. The molecule has 0 bridgehead atoms. The maximum atomic E-state index is 11.2. The van der Waals surface area contributed by atoms with Crippen LogP contribution < -0.4 is 0 Å². The van der Waals surface area contributed by atoms with E-state index in [0.717, 1.165) is 18.6 Å². The van der Waals surface area contributed by atoms with Crippen LogP contribution in [-0.2, 0) is 11.2 Å². The van der Waals surface area contributed by atoms with E-state index < -0.39 is 11.4 Å². The Labute approximate surface area is 82.7 Å². The SMILES string of the molecule is CC(Cc1ccco1)(C(=O)O)C1CC1. The standard InChI is InChI=1S/C11H14O3/c1-11(10(12)13,8-4-5-8)7-9-3-2-6-14-9/h2-3,6,8H,4-5,7H2,1H3,(H,12,13). The van der Waals surface area contributed by atoms with Crippen LogP contribution in [0.25, 0.3) is 0 Å². The van der Waals surface area contributed by atoms with Gasteiger partial charge in [-0.2, -0.15) is 0 Å². The van der Waals surface area contributed by atoms with Crippen molar-refractivity contribution in [3.8, 4) is 0 Å². The molecule has 1 aromatic heterocycles. The second kappa shape index (κ2) is 3.15. The topological polar surface area (TPSA) is 50.4 Å². The van der Waals surface area contributed by atoms with Gasteiger partial charge in [-0.05, 0) is 37.8 Å². The minimum atomic E-state index is -0.712. The summed E-state index contributed by atoms with van der Waals surface area (Å²) in [6.45, 7) is 1.82.